The molecule has 2 rings (SSSR count). The summed E-state index contributed by atoms with van der Waals surface area (Å²) in [5.41, 5.74) is 1.78. The molecule has 0 N–H and O–H groups in total. The quantitative estimate of drug-likeness (QED) is 0.809. The zero-order chi connectivity index (χ0) is 11.4. The van der Waals surface area contributed by atoms with Crippen LogP contribution in [0.1, 0.15) is 11.1 Å². The Bertz CT molecular complexity index is 501. The second-order valence-electron chi connectivity index (χ2n) is 3.39. The molecule has 2 aromatic rings. The van der Waals surface area contributed by atoms with Crippen LogP contribution >= 0.6 is 11.5 Å². The second-order valence-corrected chi connectivity index (χ2v) is 4.15. The predicted octanol–water partition coefficient (Wildman–Crippen LogP) is 2.05. The molecule has 0 aliphatic carbocycles. The van der Waals surface area contributed by atoms with Gasteiger partial charge in [-0.3, -0.25) is 0 Å². The van der Waals surface area contributed by atoms with Crippen molar-refractivity contribution in [2.45, 2.75) is 6.54 Å². The van der Waals surface area contributed by atoms with Crippen LogP contribution in [-0.2, 0) is 6.54 Å². The molecule has 0 amide bonds. The van der Waals surface area contributed by atoms with Gasteiger partial charge in [0.15, 0.2) is 0 Å². The first-order valence-corrected chi connectivity index (χ1v) is 5.54. The van der Waals surface area contributed by atoms with Gasteiger partial charge < -0.3 is 4.90 Å². The smallest absolute Gasteiger partial charge is 0.204 e. The Morgan fingerprint density at radius 2 is 2.38 bits per heavy atom. The minimum atomic E-state index is 0.683. The minimum absolute atomic E-state index is 0.683. The van der Waals surface area contributed by atoms with E-state index in [-0.39, 0.29) is 0 Å². The van der Waals surface area contributed by atoms with Crippen LogP contribution in [0.5, 0.6) is 0 Å². The molecule has 0 spiro atoms. The fraction of sp³-hybridized carbons (Fsp3) is 0.182. The van der Waals surface area contributed by atoms with E-state index in [4.69, 9.17) is 5.26 Å². The van der Waals surface area contributed by atoms with Gasteiger partial charge in [0.1, 0.15) is 6.33 Å². The number of rotatable bonds is 3. The third-order valence-corrected chi connectivity index (χ3v) is 2.93. The molecule has 1 aromatic heterocycles. The summed E-state index contributed by atoms with van der Waals surface area (Å²) in [7, 11) is 1.96. The molecule has 4 nitrogen and oxygen atoms in total. The van der Waals surface area contributed by atoms with Crippen LogP contribution < -0.4 is 4.90 Å². The molecule has 0 aliphatic heterocycles. The highest BCUT2D eigenvalue weighted by Crippen LogP contribution is 2.16. The van der Waals surface area contributed by atoms with Gasteiger partial charge in [0.05, 0.1) is 11.6 Å². The SMILES string of the molecule is CN(Cc1cccc(C#N)c1)c1ncns1. The highest BCUT2D eigenvalue weighted by Gasteiger charge is 2.05. The summed E-state index contributed by atoms with van der Waals surface area (Å²) in [6, 6.07) is 9.71. The van der Waals surface area contributed by atoms with Crippen LogP contribution in [-0.4, -0.2) is 16.4 Å². The largest absolute Gasteiger partial charge is 0.346 e. The van der Waals surface area contributed by atoms with Crippen LogP contribution in [0.2, 0.25) is 0 Å². The van der Waals surface area contributed by atoms with Crippen molar-refractivity contribution in [3.63, 3.8) is 0 Å². The standard InChI is InChI=1S/C11H10N4S/c1-15(11-13-8-14-16-11)7-10-4-2-3-9(5-10)6-12/h2-5,8H,7H2,1H3. The molecule has 16 heavy (non-hydrogen) atoms. The first-order chi connectivity index (χ1) is 7.79. The summed E-state index contributed by atoms with van der Waals surface area (Å²) in [6.45, 7) is 0.727. The molecule has 0 unspecified atom stereocenters. The number of nitriles is 1. The topological polar surface area (TPSA) is 52.8 Å². The molecule has 0 saturated carbocycles. The Morgan fingerprint density at radius 3 is 3.06 bits per heavy atom. The Hall–Kier alpha value is -1.93. The zero-order valence-corrected chi connectivity index (χ0v) is 9.61. The monoisotopic (exact) mass is 230 g/mol. The van der Waals surface area contributed by atoms with Crippen LogP contribution in [0.25, 0.3) is 0 Å². The van der Waals surface area contributed by atoms with Crippen LogP contribution in [0.4, 0.5) is 5.13 Å². The normalized spacial score (nSPS) is 9.75. The fourth-order valence-corrected chi connectivity index (χ4v) is 1.90. The number of anilines is 1. The molecule has 1 heterocycles. The molecule has 1 aromatic carbocycles. The third kappa shape index (κ3) is 2.35. The van der Waals surface area contributed by atoms with E-state index in [1.54, 1.807) is 12.4 Å². The lowest BCUT2D eigenvalue weighted by Gasteiger charge is -2.14. The summed E-state index contributed by atoms with van der Waals surface area (Å²) >= 11 is 1.36. The average molecular weight is 230 g/mol. The van der Waals surface area contributed by atoms with Crippen molar-refractivity contribution in [3.8, 4) is 6.07 Å². The molecule has 0 fully saturated rings. The van der Waals surface area contributed by atoms with Gasteiger partial charge in [0.25, 0.3) is 0 Å². The molecule has 5 heteroatoms. The number of aromatic nitrogens is 2. The van der Waals surface area contributed by atoms with E-state index in [0.717, 1.165) is 17.2 Å². The van der Waals surface area contributed by atoms with Crippen molar-refractivity contribution in [1.82, 2.24) is 9.36 Å². The summed E-state index contributed by atoms with van der Waals surface area (Å²) in [4.78, 5) is 6.13. The van der Waals surface area contributed by atoms with Crippen LogP contribution in [0.3, 0.4) is 0 Å². The zero-order valence-electron chi connectivity index (χ0n) is 8.79. The van der Waals surface area contributed by atoms with E-state index < -0.39 is 0 Å². The predicted molar refractivity (Wildman–Crippen MR) is 63.2 cm³/mol. The van der Waals surface area contributed by atoms with Crippen molar-refractivity contribution in [2.75, 3.05) is 11.9 Å². The Kier molecular flexibility index (Phi) is 3.13. The van der Waals surface area contributed by atoms with Gasteiger partial charge in [-0.1, -0.05) is 12.1 Å². The Balaban J connectivity index is 2.12. The van der Waals surface area contributed by atoms with E-state index in [0.29, 0.717) is 5.56 Å². The first-order valence-electron chi connectivity index (χ1n) is 4.76. The summed E-state index contributed by atoms with van der Waals surface area (Å²) < 4.78 is 3.96. The van der Waals surface area contributed by atoms with E-state index >= 15 is 0 Å². The minimum Gasteiger partial charge on any atom is -0.346 e. The fourth-order valence-electron chi connectivity index (χ4n) is 1.42. The molecule has 0 radical (unpaired) electrons. The number of nitrogens with zero attached hydrogens (tertiary/aromatic N) is 4. The molecule has 0 atom stereocenters. The maximum absolute atomic E-state index is 8.80. The van der Waals surface area contributed by atoms with Crippen LogP contribution in [0.15, 0.2) is 30.6 Å². The van der Waals surface area contributed by atoms with Gasteiger partial charge in [-0.2, -0.15) is 9.64 Å². The van der Waals surface area contributed by atoms with E-state index in [2.05, 4.69) is 15.4 Å². The van der Waals surface area contributed by atoms with Gasteiger partial charge in [0, 0.05) is 25.1 Å². The van der Waals surface area contributed by atoms with E-state index in [1.807, 2.05) is 30.1 Å². The molecule has 0 bridgehead atoms. The summed E-state index contributed by atoms with van der Waals surface area (Å²) in [6.07, 6.45) is 1.54. The maximum atomic E-state index is 8.80. The number of benzene rings is 1. The summed E-state index contributed by atoms with van der Waals surface area (Å²) in [5, 5.41) is 9.67. The molecular formula is C11H10N4S. The van der Waals surface area contributed by atoms with Crippen molar-refractivity contribution in [1.29, 1.82) is 5.26 Å². The lowest BCUT2D eigenvalue weighted by atomic mass is 10.1. The van der Waals surface area contributed by atoms with Gasteiger partial charge >= 0.3 is 0 Å². The van der Waals surface area contributed by atoms with Crippen molar-refractivity contribution >= 4 is 16.7 Å². The summed E-state index contributed by atoms with van der Waals surface area (Å²) in [5.74, 6) is 0. The highest BCUT2D eigenvalue weighted by atomic mass is 32.1. The lowest BCUT2D eigenvalue weighted by Crippen LogP contribution is -2.15. The second kappa shape index (κ2) is 4.73. The number of hydrogen-bond donors (Lipinski definition) is 0. The lowest BCUT2D eigenvalue weighted by molar-refractivity contribution is 0.914. The third-order valence-electron chi connectivity index (χ3n) is 2.15. The van der Waals surface area contributed by atoms with Crippen molar-refractivity contribution in [2.24, 2.45) is 0 Å². The molecule has 80 valence electrons. The Labute approximate surface area is 98.0 Å². The molecular weight excluding hydrogens is 220 g/mol. The van der Waals surface area contributed by atoms with Gasteiger partial charge in [-0.25, -0.2) is 4.98 Å². The maximum Gasteiger partial charge on any atom is 0.204 e. The van der Waals surface area contributed by atoms with E-state index in [1.165, 1.54) is 11.5 Å². The van der Waals surface area contributed by atoms with Gasteiger partial charge in [0.2, 0.25) is 5.13 Å². The number of hydrogen-bond acceptors (Lipinski definition) is 5. The van der Waals surface area contributed by atoms with Gasteiger partial charge in [-0.15, -0.1) is 0 Å². The average Bonchev–Trinajstić information content (AvgIpc) is 2.83. The van der Waals surface area contributed by atoms with Crippen molar-refractivity contribution in [3.05, 3.63) is 41.7 Å². The molecule has 0 aliphatic rings. The first kappa shape index (κ1) is 10.6. The highest BCUT2D eigenvalue weighted by molar-refractivity contribution is 7.09. The van der Waals surface area contributed by atoms with Gasteiger partial charge in [-0.05, 0) is 17.7 Å². The van der Waals surface area contributed by atoms with E-state index in [9.17, 15) is 0 Å². The van der Waals surface area contributed by atoms with Crippen molar-refractivity contribution < 1.29 is 0 Å². The molecule has 0 saturated heterocycles. The Morgan fingerprint density at radius 1 is 1.50 bits per heavy atom. The van der Waals surface area contributed by atoms with Crippen LogP contribution in [0, 0.1) is 11.3 Å².